The zero-order chi connectivity index (χ0) is 21.8. The lowest BCUT2D eigenvalue weighted by atomic mass is 9.86. The van der Waals surface area contributed by atoms with Gasteiger partial charge in [0, 0.05) is 32.1 Å². The molecule has 0 radical (unpaired) electrons. The predicted molar refractivity (Wildman–Crippen MR) is 138 cm³/mol. The third kappa shape index (κ3) is 5.83. The number of para-hydroxylation sites is 1. The summed E-state index contributed by atoms with van der Waals surface area (Å²) in [6, 6.07) is 14.4. The highest BCUT2D eigenvalue weighted by atomic mass is 35.5. The minimum absolute atomic E-state index is 0. The molecule has 1 heterocycles. The van der Waals surface area contributed by atoms with Crippen molar-refractivity contribution in [3.05, 3.63) is 58.1 Å². The predicted octanol–water partition coefficient (Wildman–Crippen LogP) is 6.40. The molecular formula is C25H33Cl2N5. The second-order valence-electron chi connectivity index (χ2n) is 8.49. The van der Waals surface area contributed by atoms with Crippen molar-refractivity contribution in [3.63, 3.8) is 0 Å². The van der Waals surface area contributed by atoms with Crippen LogP contribution in [0.15, 0.2) is 42.5 Å². The van der Waals surface area contributed by atoms with Gasteiger partial charge in [0.2, 0.25) is 5.95 Å². The molecule has 0 unspecified atom stereocenters. The number of aromatic nitrogens is 2. The first-order valence-corrected chi connectivity index (χ1v) is 11.6. The molecule has 2 N–H and O–H groups in total. The molecule has 4 rings (SSSR count). The van der Waals surface area contributed by atoms with Gasteiger partial charge in [0.15, 0.2) is 0 Å². The van der Waals surface area contributed by atoms with Crippen molar-refractivity contribution in [1.82, 2.24) is 15.3 Å². The van der Waals surface area contributed by atoms with Gasteiger partial charge >= 0.3 is 0 Å². The molecule has 0 aliphatic heterocycles. The first-order valence-electron chi connectivity index (χ1n) is 10.9. The van der Waals surface area contributed by atoms with Crippen molar-refractivity contribution in [2.45, 2.75) is 45.7 Å². The number of nitrogens with zero attached hydrogens (tertiary/aromatic N) is 3. The number of anilines is 2. The first kappa shape index (κ1) is 24.6. The maximum Gasteiger partial charge on any atom is 0.225 e. The summed E-state index contributed by atoms with van der Waals surface area (Å²) in [6.45, 7) is 1.74. The number of benzene rings is 2. The third-order valence-corrected chi connectivity index (χ3v) is 6.82. The van der Waals surface area contributed by atoms with Crippen LogP contribution in [-0.2, 0) is 6.54 Å². The number of fused-ring (bicyclic) bond motifs is 1. The molecule has 2 aromatic carbocycles. The summed E-state index contributed by atoms with van der Waals surface area (Å²) in [5.41, 5.74) is 2.02. The summed E-state index contributed by atoms with van der Waals surface area (Å²) in [5.74, 6) is 2.34. The summed E-state index contributed by atoms with van der Waals surface area (Å²) in [4.78, 5) is 11.6. The van der Waals surface area contributed by atoms with Gasteiger partial charge in [0.25, 0.3) is 0 Å². The normalized spacial score (nSPS) is 18.2. The van der Waals surface area contributed by atoms with Crippen molar-refractivity contribution in [2.24, 2.45) is 5.92 Å². The van der Waals surface area contributed by atoms with Gasteiger partial charge in [0.05, 0.1) is 15.6 Å². The Balaban J connectivity index is 0.00000289. The fourth-order valence-corrected chi connectivity index (χ4v) is 4.64. The number of hydrogen-bond donors (Lipinski definition) is 2. The number of hydrogen-bond acceptors (Lipinski definition) is 5. The third-order valence-electron chi connectivity index (χ3n) is 5.97. The molecule has 3 aromatic rings. The zero-order valence-corrected chi connectivity index (χ0v) is 19.5. The molecule has 1 saturated carbocycles. The highest BCUT2D eigenvalue weighted by Gasteiger charge is 2.22. The van der Waals surface area contributed by atoms with E-state index in [1.165, 1.54) is 12.8 Å². The van der Waals surface area contributed by atoms with Gasteiger partial charge in [-0.15, -0.1) is 0 Å². The van der Waals surface area contributed by atoms with Crippen molar-refractivity contribution in [1.29, 1.82) is 0 Å². The number of halogens is 2. The zero-order valence-electron chi connectivity index (χ0n) is 18.0. The number of nitrogens with one attached hydrogen (secondary N) is 2. The molecule has 1 aliphatic carbocycles. The summed E-state index contributed by atoms with van der Waals surface area (Å²) < 4.78 is 0. The Hall–Kier alpha value is -2.08. The van der Waals surface area contributed by atoms with E-state index < -0.39 is 0 Å². The Morgan fingerprint density at radius 1 is 0.969 bits per heavy atom. The minimum Gasteiger partial charge on any atom is -0.362 e. The maximum absolute atomic E-state index is 6.28. The summed E-state index contributed by atoms with van der Waals surface area (Å²) in [7, 11) is 4.04. The van der Waals surface area contributed by atoms with Crippen molar-refractivity contribution < 1.29 is 0 Å². The van der Waals surface area contributed by atoms with Crippen molar-refractivity contribution >= 4 is 45.9 Å². The smallest absolute Gasteiger partial charge is 0.225 e. The van der Waals surface area contributed by atoms with Crippen LogP contribution in [0, 0.1) is 5.92 Å². The van der Waals surface area contributed by atoms with E-state index in [1.54, 1.807) is 0 Å². The molecule has 1 aromatic heterocycles. The molecule has 0 saturated heterocycles. The Labute approximate surface area is 201 Å². The van der Waals surface area contributed by atoms with Crippen LogP contribution in [0.25, 0.3) is 10.9 Å². The summed E-state index contributed by atoms with van der Waals surface area (Å²) in [5, 5.41) is 9.47. The van der Waals surface area contributed by atoms with Gasteiger partial charge in [-0.1, -0.05) is 54.9 Å². The molecule has 0 spiro atoms. The fraction of sp³-hybridized carbons (Fsp3) is 0.440. The summed E-state index contributed by atoms with van der Waals surface area (Å²) >= 11 is 12.4. The fourth-order valence-electron chi connectivity index (χ4n) is 4.25. The minimum atomic E-state index is 0. The highest BCUT2D eigenvalue weighted by molar-refractivity contribution is 6.42. The van der Waals surface area contributed by atoms with E-state index in [1.807, 2.05) is 55.4 Å². The molecule has 5 nitrogen and oxygen atoms in total. The lowest BCUT2D eigenvalue weighted by molar-refractivity contribution is 0.324. The van der Waals surface area contributed by atoms with Crippen LogP contribution in [0.1, 0.15) is 38.7 Å². The van der Waals surface area contributed by atoms with Gasteiger partial charge in [0.1, 0.15) is 5.82 Å². The van der Waals surface area contributed by atoms with E-state index in [4.69, 9.17) is 33.2 Å². The molecule has 0 amide bonds. The topological polar surface area (TPSA) is 53.1 Å². The van der Waals surface area contributed by atoms with Gasteiger partial charge in [-0.25, -0.2) is 4.98 Å². The van der Waals surface area contributed by atoms with E-state index >= 15 is 0 Å². The molecule has 32 heavy (non-hydrogen) atoms. The van der Waals surface area contributed by atoms with Crippen LogP contribution in [0.5, 0.6) is 0 Å². The Morgan fingerprint density at radius 2 is 1.72 bits per heavy atom. The molecule has 7 heteroatoms. The van der Waals surface area contributed by atoms with Crippen molar-refractivity contribution in [3.8, 4) is 0 Å². The molecule has 1 fully saturated rings. The Kier molecular flexibility index (Phi) is 8.57. The SMILES string of the molecule is C.CN(C)c1nc(NC2CCC(CNCc3cccc(Cl)c3Cl)CC2)nc2ccccc12. The van der Waals surface area contributed by atoms with Crippen LogP contribution in [-0.4, -0.2) is 36.6 Å². The lowest BCUT2D eigenvalue weighted by Gasteiger charge is -2.29. The molecule has 0 atom stereocenters. The highest BCUT2D eigenvalue weighted by Crippen LogP contribution is 2.29. The van der Waals surface area contributed by atoms with E-state index in [0.29, 0.717) is 22.0 Å². The van der Waals surface area contributed by atoms with Crippen LogP contribution < -0.4 is 15.5 Å². The van der Waals surface area contributed by atoms with Gasteiger partial charge < -0.3 is 15.5 Å². The lowest BCUT2D eigenvalue weighted by Crippen LogP contribution is -2.31. The van der Waals surface area contributed by atoms with Gasteiger partial charge in [-0.05, 0) is 61.9 Å². The maximum atomic E-state index is 6.28. The quantitative estimate of drug-likeness (QED) is 0.415. The summed E-state index contributed by atoms with van der Waals surface area (Å²) in [6.07, 6.45) is 4.61. The molecule has 1 aliphatic rings. The molecule has 172 valence electrons. The van der Waals surface area contributed by atoms with Crippen LogP contribution >= 0.6 is 23.2 Å². The van der Waals surface area contributed by atoms with Gasteiger partial charge in [-0.2, -0.15) is 4.98 Å². The van der Waals surface area contributed by atoms with Crippen LogP contribution in [0.2, 0.25) is 10.0 Å². The number of rotatable bonds is 7. The van der Waals surface area contributed by atoms with E-state index in [2.05, 4.69) is 16.7 Å². The van der Waals surface area contributed by atoms with Crippen molar-refractivity contribution in [2.75, 3.05) is 30.9 Å². The largest absolute Gasteiger partial charge is 0.362 e. The second-order valence-corrected chi connectivity index (χ2v) is 9.27. The van der Waals surface area contributed by atoms with Crippen LogP contribution in [0.3, 0.4) is 0 Å². The monoisotopic (exact) mass is 473 g/mol. The second kappa shape index (κ2) is 11.2. The standard InChI is InChI=1S/C24H29Cl2N5.CH4/c1-31(2)23-19-7-3-4-9-21(19)29-24(30-23)28-18-12-10-16(11-13-18)14-27-15-17-6-5-8-20(25)22(17)26;/h3-9,16,18,27H,10-15H2,1-2H3,(H,28,29,30);1H4. The average molecular weight is 474 g/mol. The van der Waals surface area contributed by atoms with E-state index in [9.17, 15) is 0 Å². The average Bonchev–Trinajstić information content (AvgIpc) is 2.77. The molecular weight excluding hydrogens is 441 g/mol. The van der Waals surface area contributed by atoms with Crippen LogP contribution in [0.4, 0.5) is 11.8 Å². The first-order chi connectivity index (χ1) is 15.0. The Bertz CT molecular complexity index is 1030. The molecule has 0 bridgehead atoms. The van der Waals surface area contributed by atoms with E-state index in [-0.39, 0.29) is 7.43 Å². The van der Waals surface area contributed by atoms with Gasteiger partial charge in [-0.3, -0.25) is 0 Å². The van der Waals surface area contributed by atoms with E-state index in [0.717, 1.165) is 54.2 Å². The Morgan fingerprint density at radius 3 is 2.47 bits per heavy atom.